The second-order valence-electron chi connectivity index (χ2n) is 5.94. The summed E-state index contributed by atoms with van der Waals surface area (Å²) in [5, 5.41) is 15.7. The zero-order valence-corrected chi connectivity index (χ0v) is 14.6. The Morgan fingerprint density at radius 3 is 2.62 bits per heavy atom. The van der Waals surface area contributed by atoms with Gasteiger partial charge in [-0.1, -0.05) is 6.07 Å². The average molecular weight is 350 g/mol. The van der Waals surface area contributed by atoms with Gasteiger partial charge in [0, 0.05) is 37.2 Å². The predicted molar refractivity (Wildman–Crippen MR) is 102 cm³/mol. The lowest BCUT2D eigenvalue weighted by molar-refractivity contribution is 0.281. The molecule has 0 radical (unpaired) electrons. The summed E-state index contributed by atoms with van der Waals surface area (Å²) in [6.07, 6.45) is 6.17. The van der Waals surface area contributed by atoms with Crippen LogP contribution in [-0.2, 0) is 6.42 Å². The van der Waals surface area contributed by atoms with Crippen molar-refractivity contribution in [1.29, 1.82) is 0 Å². The van der Waals surface area contributed by atoms with E-state index in [0.29, 0.717) is 11.8 Å². The maximum Gasteiger partial charge on any atom is 0.225 e. The summed E-state index contributed by atoms with van der Waals surface area (Å²) in [5.74, 6) is 1.17. The van der Waals surface area contributed by atoms with Gasteiger partial charge in [0.05, 0.1) is 18.0 Å². The molecule has 3 N–H and O–H groups in total. The molecule has 7 heteroatoms. The summed E-state index contributed by atoms with van der Waals surface area (Å²) in [7, 11) is 0. The van der Waals surface area contributed by atoms with Crippen LogP contribution < -0.4 is 10.6 Å². The smallest absolute Gasteiger partial charge is 0.225 e. The number of aliphatic hydroxyl groups is 1. The highest BCUT2D eigenvalue weighted by Gasteiger charge is 2.09. The SMILES string of the molecule is C[C@@H](CO)Nc1nc(NCCc2ccncc2)cc(-c2ccccn2)n1. The fraction of sp³-hybridized carbons (Fsp3) is 0.263. The lowest BCUT2D eigenvalue weighted by Crippen LogP contribution is -2.21. The van der Waals surface area contributed by atoms with E-state index in [-0.39, 0.29) is 12.6 Å². The Morgan fingerprint density at radius 2 is 1.88 bits per heavy atom. The molecule has 3 aromatic heterocycles. The van der Waals surface area contributed by atoms with Crippen molar-refractivity contribution in [3.05, 3.63) is 60.6 Å². The van der Waals surface area contributed by atoms with Gasteiger partial charge in [-0.15, -0.1) is 0 Å². The molecule has 0 amide bonds. The first kappa shape index (κ1) is 17.8. The molecule has 26 heavy (non-hydrogen) atoms. The van der Waals surface area contributed by atoms with Crippen molar-refractivity contribution in [1.82, 2.24) is 19.9 Å². The van der Waals surface area contributed by atoms with Gasteiger partial charge >= 0.3 is 0 Å². The van der Waals surface area contributed by atoms with Crippen LogP contribution in [0.3, 0.4) is 0 Å². The number of hydrogen-bond donors (Lipinski definition) is 3. The van der Waals surface area contributed by atoms with Crippen molar-refractivity contribution in [2.45, 2.75) is 19.4 Å². The van der Waals surface area contributed by atoms with Crippen molar-refractivity contribution in [3.63, 3.8) is 0 Å². The quantitative estimate of drug-likeness (QED) is 0.574. The van der Waals surface area contributed by atoms with Crippen LogP contribution in [0.4, 0.5) is 11.8 Å². The van der Waals surface area contributed by atoms with Gasteiger partial charge < -0.3 is 15.7 Å². The molecule has 0 spiro atoms. The van der Waals surface area contributed by atoms with E-state index in [0.717, 1.165) is 24.4 Å². The minimum absolute atomic E-state index is 0.00196. The standard InChI is InChI=1S/C19H22N6O/c1-14(13-26)23-19-24-17(16-4-2-3-8-21-16)12-18(25-19)22-11-7-15-5-9-20-10-6-15/h2-6,8-10,12,14,26H,7,11,13H2,1H3,(H2,22,23,24,25)/t14-/m0/s1. The van der Waals surface area contributed by atoms with Crippen LogP contribution in [0.1, 0.15) is 12.5 Å². The Morgan fingerprint density at radius 1 is 1.04 bits per heavy atom. The van der Waals surface area contributed by atoms with E-state index >= 15 is 0 Å². The fourth-order valence-electron chi connectivity index (χ4n) is 2.40. The summed E-state index contributed by atoms with van der Waals surface area (Å²) >= 11 is 0. The Kier molecular flexibility index (Phi) is 6.05. The van der Waals surface area contributed by atoms with Crippen LogP contribution in [0.25, 0.3) is 11.4 Å². The van der Waals surface area contributed by atoms with E-state index < -0.39 is 0 Å². The van der Waals surface area contributed by atoms with Crippen molar-refractivity contribution >= 4 is 11.8 Å². The molecule has 0 aliphatic rings. The van der Waals surface area contributed by atoms with E-state index in [1.54, 1.807) is 18.6 Å². The molecule has 0 saturated carbocycles. The van der Waals surface area contributed by atoms with Gasteiger partial charge in [-0.3, -0.25) is 9.97 Å². The number of aliphatic hydroxyl groups excluding tert-OH is 1. The van der Waals surface area contributed by atoms with Crippen LogP contribution >= 0.6 is 0 Å². The van der Waals surface area contributed by atoms with Crippen molar-refractivity contribution < 1.29 is 5.11 Å². The summed E-state index contributed by atoms with van der Waals surface area (Å²) in [6, 6.07) is 11.4. The number of pyridine rings is 2. The van der Waals surface area contributed by atoms with E-state index in [1.807, 2.05) is 43.3 Å². The van der Waals surface area contributed by atoms with Gasteiger partial charge in [-0.25, -0.2) is 4.98 Å². The van der Waals surface area contributed by atoms with E-state index in [2.05, 4.69) is 30.6 Å². The minimum atomic E-state index is -0.140. The van der Waals surface area contributed by atoms with E-state index in [4.69, 9.17) is 0 Å². The zero-order valence-electron chi connectivity index (χ0n) is 14.6. The maximum absolute atomic E-state index is 9.27. The van der Waals surface area contributed by atoms with Gasteiger partial charge in [-0.05, 0) is 43.2 Å². The highest BCUT2D eigenvalue weighted by atomic mass is 16.3. The molecule has 0 aliphatic carbocycles. The van der Waals surface area contributed by atoms with Crippen molar-refractivity contribution in [2.75, 3.05) is 23.8 Å². The molecular weight excluding hydrogens is 328 g/mol. The Labute approximate surface area is 152 Å². The van der Waals surface area contributed by atoms with E-state index in [9.17, 15) is 5.11 Å². The molecule has 0 aromatic carbocycles. The number of hydrogen-bond acceptors (Lipinski definition) is 7. The average Bonchev–Trinajstić information content (AvgIpc) is 2.69. The molecule has 3 rings (SSSR count). The van der Waals surface area contributed by atoms with Gasteiger partial charge in [-0.2, -0.15) is 4.98 Å². The summed E-state index contributed by atoms with van der Waals surface area (Å²) in [5.41, 5.74) is 2.70. The fourth-order valence-corrected chi connectivity index (χ4v) is 2.40. The van der Waals surface area contributed by atoms with Crippen LogP contribution in [0.15, 0.2) is 55.0 Å². The van der Waals surface area contributed by atoms with Gasteiger partial charge in [0.1, 0.15) is 5.82 Å². The Bertz CT molecular complexity index is 813. The monoisotopic (exact) mass is 350 g/mol. The zero-order chi connectivity index (χ0) is 18.2. The molecule has 0 bridgehead atoms. The molecule has 0 saturated heterocycles. The van der Waals surface area contributed by atoms with Gasteiger partial charge in [0.15, 0.2) is 0 Å². The van der Waals surface area contributed by atoms with Crippen molar-refractivity contribution in [3.8, 4) is 11.4 Å². The van der Waals surface area contributed by atoms with Crippen LogP contribution in [0, 0.1) is 0 Å². The third kappa shape index (κ3) is 4.97. The first-order valence-corrected chi connectivity index (χ1v) is 8.55. The first-order valence-electron chi connectivity index (χ1n) is 8.55. The van der Waals surface area contributed by atoms with Gasteiger partial charge in [0.2, 0.25) is 5.95 Å². The molecular formula is C19H22N6O. The summed E-state index contributed by atoms with van der Waals surface area (Å²) in [6.45, 7) is 2.60. The number of nitrogens with one attached hydrogen (secondary N) is 2. The van der Waals surface area contributed by atoms with Crippen LogP contribution in [0.2, 0.25) is 0 Å². The number of aromatic nitrogens is 4. The molecule has 3 aromatic rings. The highest BCUT2D eigenvalue weighted by Crippen LogP contribution is 2.20. The largest absolute Gasteiger partial charge is 0.394 e. The molecule has 7 nitrogen and oxygen atoms in total. The topological polar surface area (TPSA) is 95.8 Å². The predicted octanol–water partition coefficient (Wildman–Crippen LogP) is 2.38. The number of rotatable bonds is 8. The first-order chi connectivity index (χ1) is 12.7. The third-order valence-electron chi connectivity index (χ3n) is 3.77. The molecule has 134 valence electrons. The highest BCUT2D eigenvalue weighted by molar-refractivity contribution is 5.61. The molecule has 0 unspecified atom stereocenters. The van der Waals surface area contributed by atoms with Crippen molar-refractivity contribution in [2.24, 2.45) is 0 Å². The maximum atomic E-state index is 9.27. The van der Waals surface area contributed by atoms with Gasteiger partial charge in [0.25, 0.3) is 0 Å². The number of nitrogens with zero attached hydrogens (tertiary/aromatic N) is 4. The van der Waals surface area contributed by atoms with Crippen LogP contribution in [-0.4, -0.2) is 44.2 Å². The molecule has 0 aliphatic heterocycles. The normalized spacial score (nSPS) is 11.8. The van der Waals surface area contributed by atoms with E-state index in [1.165, 1.54) is 5.56 Å². The second-order valence-corrected chi connectivity index (χ2v) is 5.94. The Balaban J connectivity index is 1.77. The van der Waals surface area contributed by atoms with Crippen LogP contribution in [0.5, 0.6) is 0 Å². The molecule has 3 heterocycles. The minimum Gasteiger partial charge on any atom is -0.394 e. The third-order valence-corrected chi connectivity index (χ3v) is 3.77. The number of anilines is 2. The molecule has 0 fully saturated rings. The lowest BCUT2D eigenvalue weighted by Gasteiger charge is -2.14. The molecule has 1 atom stereocenters. The summed E-state index contributed by atoms with van der Waals surface area (Å²) < 4.78 is 0. The summed E-state index contributed by atoms with van der Waals surface area (Å²) in [4.78, 5) is 17.4. The Hall–Kier alpha value is -3.06. The second kappa shape index (κ2) is 8.87. The lowest BCUT2D eigenvalue weighted by atomic mass is 10.2.